The molecule has 0 aliphatic heterocycles. The number of nitrogens with zero attached hydrogens (tertiary/aromatic N) is 2. The number of nitrogens with two attached hydrogens (primary N) is 1. The zero-order chi connectivity index (χ0) is 10.7. The molecule has 0 aliphatic carbocycles. The minimum absolute atomic E-state index is 0.274. The quantitative estimate of drug-likeness (QED) is 0.802. The summed E-state index contributed by atoms with van der Waals surface area (Å²) in [6.45, 7) is 0.274. The summed E-state index contributed by atoms with van der Waals surface area (Å²) in [5.41, 5.74) is 6.30. The van der Waals surface area contributed by atoms with Gasteiger partial charge < -0.3 is 10.2 Å². The van der Waals surface area contributed by atoms with Crippen LogP contribution in [0.3, 0.4) is 0 Å². The zero-order valence-electron chi connectivity index (χ0n) is 8.30. The van der Waals surface area contributed by atoms with Crippen molar-refractivity contribution in [3.8, 4) is 11.5 Å². The summed E-state index contributed by atoms with van der Waals surface area (Å²) in [6, 6.07) is 7.96. The van der Waals surface area contributed by atoms with Crippen LogP contribution in [0.25, 0.3) is 11.5 Å². The zero-order valence-corrected chi connectivity index (χ0v) is 9.12. The van der Waals surface area contributed by atoms with Crippen molar-refractivity contribution in [2.75, 3.05) is 6.26 Å². The summed E-state index contributed by atoms with van der Waals surface area (Å²) in [5, 5.41) is 7.72. The van der Waals surface area contributed by atoms with Gasteiger partial charge in [0.1, 0.15) is 0 Å². The Balaban J connectivity index is 2.28. The number of hydrogen-bond donors (Lipinski definition) is 1. The average Bonchev–Trinajstić information content (AvgIpc) is 2.78. The van der Waals surface area contributed by atoms with Crippen LogP contribution in [0.4, 0.5) is 0 Å². The van der Waals surface area contributed by atoms with E-state index >= 15 is 0 Å². The molecular formula is C10H11N3OS. The van der Waals surface area contributed by atoms with Crippen molar-refractivity contribution in [3.63, 3.8) is 0 Å². The highest BCUT2D eigenvalue weighted by Gasteiger charge is 2.06. The Kier molecular flexibility index (Phi) is 3.03. The molecule has 1 aromatic carbocycles. The van der Waals surface area contributed by atoms with Crippen molar-refractivity contribution >= 4 is 11.8 Å². The highest BCUT2D eigenvalue weighted by Crippen LogP contribution is 2.21. The smallest absolute Gasteiger partial charge is 0.247 e. The van der Waals surface area contributed by atoms with Gasteiger partial charge in [0.25, 0.3) is 0 Å². The first-order valence-electron chi connectivity index (χ1n) is 4.50. The van der Waals surface area contributed by atoms with Crippen LogP contribution in [0, 0.1) is 0 Å². The van der Waals surface area contributed by atoms with Crippen LogP contribution >= 0.6 is 11.8 Å². The Morgan fingerprint density at radius 2 is 2.00 bits per heavy atom. The Bertz CT molecular complexity index is 438. The summed E-state index contributed by atoms with van der Waals surface area (Å²) < 4.78 is 5.34. The second kappa shape index (κ2) is 4.46. The lowest BCUT2D eigenvalue weighted by Crippen LogP contribution is -1.95. The highest BCUT2D eigenvalue weighted by molar-refractivity contribution is 7.98. The molecule has 0 unspecified atom stereocenters. The molecule has 15 heavy (non-hydrogen) atoms. The predicted octanol–water partition coefficient (Wildman–Crippen LogP) is 1.92. The third-order valence-corrected chi connectivity index (χ3v) is 2.72. The van der Waals surface area contributed by atoms with Gasteiger partial charge in [-0.25, -0.2) is 0 Å². The van der Waals surface area contributed by atoms with Gasteiger partial charge in [0.2, 0.25) is 11.8 Å². The van der Waals surface area contributed by atoms with Gasteiger partial charge in [-0.05, 0) is 30.5 Å². The Morgan fingerprint density at radius 1 is 1.27 bits per heavy atom. The number of hydrogen-bond acceptors (Lipinski definition) is 5. The average molecular weight is 221 g/mol. The maximum Gasteiger partial charge on any atom is 0.247 e. The van der Waals surface area contributed by atoms with E-state index in [0.717, 1.165) is 5.56 Å². The molecule has 0 atom stereocenters. The fraction of sp³-hybridized carbons (Fsp3) is 0.200. The number of thioether (sulfide) groups is 1. The van der Waals surface area contributed by atoms with Crippen molar-refractivity contribution in [2.45, 2.75) is 11.4 Å². The van der Waals surface area contributed by atoms with Gasteiger partial charge >= 0.3 is 0 Å². The van der Waals surface area contributed by atoms with Crippen LogP contribution in [0.1, 0.15) is 5.89 Å². The molecule has 5 heteroatoms. The molecule has 0 radical (unpaired) electrons. The van der Waals surface area contributed by atoms with Gasteiger partial charge in [0, 0.05) is 10.5 Å². The first-order chi connectivity index (χ1) is 7.33. The molecule has 0 saturated carbocycles. The van der Waals surface area contributed by atoms with Crippen molar-refractivity contribution in [3.05, 3.63) is 30.2 Å². The Morgan fingerprint density at radius 3 is 2.53 bits per heavy atom. The molecule has 4 nitrogen and oxygen atoms in total. The molecule has 0 saturated heterocycles. The predicted molar refractivity (Wildman–Crippen MR) is 59.4 cm³/mol. The maximum absolute atomic E-state index is 5.39. The molecular weight excluding hydrogens is 210 g/mol. The fourth-order valence-corrected chi connectivity index (χ4v) is 1.59. The highest BCUT2D eigenvalue weighted by atomic mass is 32.2. The number of aromatic nitrogens is 2. The number of benzene rings is 1. The lowest BCUT2D eigenvalue weighted by Gasteiger charge is -1.96. The molecule has 2 N–H and O–H groups in total. The van der Waals surface area contributed by atoms with E-state index in [0.29, 0.717) is 11.8 Å². The fourth-order valence-electron chi connectivity index (χ4n) is 1.19. The van der Waals surface area contributed by atoms with Gasteiger partial charge in [-0.2, -0.15) is 0 Å². The lowest BCUT2D eigenvalue weighted by molar-refractivity contribution is 0.508. The summed E-state index contributed by atoms with van der Waals surface area (Å²) in [5.74, 6) is 0.974. The topological polar surface area (TPSA) is 64.9 Å². The van der Waals surface area contributed by atoms with Crippen LogP contribution in [0.5, 0.6) is 0 Å². The molecule has 1 heterocycles. The van der Waals surface area contributed by atoms with E-state index in [1.54, 1.807) is 11.8 Å². The minimum Gasteiger partial charge on any atom is -0.419 e. The van der Waals surface area contributed by atoms with Gasteiger partial charge in [-0.15, -0.1) is 22.0 Å². The Hall–Kier alpha value is -1.33. The summed E-state index contributed by atoms with van der Waals surface area (Å²) in [7, 11) is 0. The van der Waals surface area contributed by atoms with Crippen molar-refractivity contribution in [1.82, 2.24) is 10.2 Å². The minimum atomic E-state index is 0.274. The third kappa shape index (κ3) is 2.19. The van der Waals surface area contributed by atoms with E-state index in [4.69, 9.17) is 10.2 Å². The van der Waals surface area contributed by atoms with Crippen LogP contribution in [-0.2, 0) is 6.54 Å². The molecule has 0 bridgehead atoms. The Labute approximate surface area is 91.9 Å². The van der Waals surface area contributed by atoms with Crippen LogP contribution in [0.2, 0.25) is 0 Å². The number of rotatable bonds is 3. The van der Waals surface area contributed by atoms with Crippen LogP contribution in [0.15, 0.2) is 33.6 Å². The summed E-state index contributed by atoms with van der Waals surface area (Å²) in [4.78, 5) is 1.21. The van der Waals surface area contributed by atoms with Crippen molar-refractivity contribution in [1.29, 1.82) is 0 Å². The third-order valence-electron chi connectivity index (χ3n) is 1.98. The van der Waals surface area contributed by atoms with Crippen molar-refractivity contribution < 1.29 is 4.42 Å². The van der Waals surface area contributed by atoms with E-state index in [1.807, 2.05) is 30.5 Å². The SMILES string of the molecule is CSc1ccc(-c2nnc(CN)o2)cc1. The van der Waals surface area contributed by atoms with Gasteiger partial charge in [-0.3, -0.25) is 0 Å². The summed E-state index contributed by atoms with van der Waals surface area (Å²) >= 11 is 1.70. The van der Waals surface area contributed by atoms with E-state index in [2.05, 4.69) is 10.2 Å². The molecule has 2 aromatic rings. The van der Waals surface area contributed by atoms with Gasteiger partial charge in [0.05, 0.1) is 6.54 Å². The molecule has 0 aliphatic rings. The molecule has 0 spiro atoms. The molecule has 78 valence electrons. The molecule has 1 aromatic heterocycles. The van der Waals surface area contributed by atoms with Crippen LogP contribution in [-0.4, -0.2) is 16.5 Å². The second-order valence-corrected chi connectivity index (χ2v) is 3.81. The lowest BCUT2D eigenvalue weighted by atomic mass is 10.2. The largest absolute Gasteiger partial charge is 0.419 e. The molecule has 0 amide bonds. The first-order valence-corrected chi connectivity index (χ1v) is 5.73. The van der Waals surface area contributed by atoms with Crippen molar-refractivity contribution in [2.24, 2.45) is 5.73 Å². The monoisotopic (exact) mass is 221 g/mol. The maximum atomic E-state index is 5.39. The normalized spacial score (nSPS) is 10.5. The van der Waals surface area contributed by atoms with Gasteiger partial charge in [-0.1, -0.05) is 0 Å². The molecule has 0 fully saturated rings. The summed E-state index contributed by atoms with van der Waals surface area (Å²) in [6.07, 6.45) is 2.04. The standard InChI is InChI=1S/C10H11N3OS/c1-15-8-4-2-7(3-5-8)10-13-12-9(6-11)14-10/h2-5H,6,11H2,1H3. The molecule has 2 rings (SSSR count). The van der Waals surface area contributed by atoms with Crippen LogP contribution < -0.4 is 5.73 Å². The van der Waals surface area contributed by atoms with E-state index in [9.17, 15) is 0 Å². The second-order valence-electron chi connectivity index (χ2n) is 2.93. The first kappa shape index (κ1) is 10.2. The van der Waals surface area contributed by atoms with E-state index in [1.165, 1.54) is 4.90 Å². The van der Waals surface area contributed by atoms with E-state index < -0.39 is 0 Å². The van der Waals surface area contributed by atoms with Gasteiger partial charge in [0.15, 0.2) is 0 Å². The van der Waals surface area contributed by atoms with E-state index in [-0.39, 0.29) is 6.54 Å².